The second-order valence-corrected chi connectivity index (χ2v) is 19.6. The molecule has 0 fully saturated rings. The molecule has 0 heterocycles. The van der Waals surface area contributed by atoms with Gasteiger partial charge in [0.1, 0.15) is 19.8 Å². The number of carbonyl (C=O) groups is 2. The lowest BCUT2D eigenvalue weighted by molar-refractivity contribution is -0.870. The summed E-state index contributed by atoms with van der Waals surface area (Å²) >= 11 is 0. The Morgan fingerprint density at radius 2 is 0.885 bits per heavy atom. The van der Waals surface area contributed by atoms with Gasteiger partial charge in [-0.15, -0.1) is 0 Å². The molecule has 0 aromatic rings. The lowest BCUT2D eigenvalue weighted by Crippen LogP contribution is -2.37. The van der Waals surface area contributed by atoms with Crippen LogP contribution in [0.2, 0.25) is 0 Å². The van der Waals surface area contributed by atoms with Crippen molar-refractivity contribution in [3.8, 4) is 0 Å². The maximum Gasteiger partial charge on any atom is 0.472 e. The van der Waals surface area contributed by atoms with Crippen molar-refractivity contribution >= 4 is 19.8 Å². The lowest BCUT2D eigenvalue weighted by Gasteiger charge is -2.24. The zero-order valence-corrected chi connectivity index (χ0v) is 41.3. The first-order valence-corrected chi connectivity index (χ1v) is 26.7. The van der Waals surface area contributed by atoms with Crippen LogP contribution in [0.5, 0.6) is 0 Å². The van der Waals surface area contributed by atoms with Gasteiger partial charge in [-0.25, -0.2) is 4.57 Å². The van der Waals surface area contributed by atoms with Gasteiger partial charge in [-0.3, -0.25) is 18.6 Å². The highest BCUT2D eigenvalue weighted by Crippen LogP contribution is 2.43. The molecule has 2 unspecified atom stereocenters. The lowest BCUT2D eigenvalue weighted by atomic mass is 10.1. The molecule has 0 aliphatic heterocycles. The van der Waals surface area contributed by atoms with Crippen LogP contribution in [0.15, 0.2) is 36.5 Å². The molecule has 0 saturated heterocycles. The van der Waals surface area contributed by atoms with Crippen molar-refractivity contribution in [2.75, 3.05) is 47.5 Å². The fourth-order valence-corrected chi connectivity index (χ4v) is 7.66. The number of allylic oxidation sites excluding steroid dienone is 6. The van der Waals surface area contributed by atoms with E-state index in [4.69, 9.17) is 18.5 Å². The average Bonchev–Trinajstić information content (AvgIpc) is 3.21. The molecule has 2 atom stereocenters. The highest BCUT2D eigenvalue weighted by atomic mass is 31.2. The van der Waals surface area contributed by atoms with Crippen LogP contribution in [0.25, 0.3) is 0 Å². The van der Waals surface area contributed by atoms with Crippen molar-refractivity contribution in [2.45, 2.75) is 232 Å². The molecule has 0 aliphatic rings. The predicted octanol–water partition coefficient (Wildman–Crippen LogP) is 14.9. The van der Waals surface area contributed by atoms with Crippen LogP contribution in [-0.4, -0.2) is 74.9 Å². The van der Waals surface area contributed by atoms with E-state index in [2.05, 4.69) is 50.3 Å². The second-order valence-electron chi connectivity index (χ2n) is 18.2. The molecule has 1 N–H and O–H groups in total. The van der Waals surface area contributed by atoms with Gasteiger partial charge in [0.05, 0.1) is 27.7 Å². The average molecular weight is 883 g/mol. The monoisotopic (exact) mass is 883 g/mol. The molecule has 61 heavy (non-hydrogen) atoms. The topological polar surface area (TPSA) is 108 Å². The molecule has 0 bridgehead atoms. The van der Waals surface area contributed by atoms with E-state index in [0.717, 1.165) is 57.8 Å². The van der Waals surface area contributed by atoms with E-state index < -0.39 is 26.5 Å². The molecule has 0 aromatic carbocycles. The number of likely N-dealkylation sites (N-methyl/N-ethyl adjacent to an activating group) is 1. The van der Waals surface area contributed by atoms with Gasteiger partial charge in [0, 0.05) is 12.8 Å². The SMILES string of the molecule is CCCCCC/C=C\C/C=C\CCCCCCCC(=O)OC(COC(=O)CCCCCCCCCCC/C=C\CCCCCCCCCC)COP(=O)(O)OCC[N+](C)(C)C. The van der Waals surface area contributed by atoms with Gasteiger partial charge in [0.2, 0.25) is 0 Å². The minimum atomic E-state index is -4.38. The Labute approximate surface area is 376 Å². The van der Waals surface area contributed by atoms with E-state index in [9.17, 15) is 19.0 Å². The third kappa shape index (κ3) is 47.5. The van der Waals surface area contributed by atoms with Crippen molar-refractivity contribution in [2.24, 2.45) is 0 Å². The summed E-state index contributed by atoms with van der Waals surface area (Å²) in [4.78, 5) is 35.5. The van der Waals surface area contributed by atoms with E-state index in [0.29, 0.717) is 17.4 Å². The molecule has 0 amide bonds. The summed E-state index contributed by atoms with van der Waals surface area (Å²) in [6.07, 6.45) is 50.5. The summed E-state index contributed by atoms with van der Waals surface area (Å²) in [5, 5.41) is 0. The number of carbonyl (C=O) groups excluding carboxylic acids is 2. The number of phosphoric acid groups is 1. The molecule has 0 aliphatic carbocycles. The Bertz CT molecular complexity index is 1130. The Morgan fingerprint density at radius 1 is 0.508 bits per heavy atom. The van der Waals surface area contributed by atoms with Crippen LogP contribution < -0.4 is 0 Å². The first-order chi connectivity index (χ1) is 29.5. The van der Waals surface area contributed by atoms with Crippen molar-refractivity contribution < 1.29 is 42.1 Å². The van der Waals surface area contributed by atoms with Crippen LogP contribution in [0.3, 0.4) is 0 Å². The predicted molar refractivity (Wildman–Crippen MR) is 257 cm³/mol. The van der Waals surface area contributed by atoms with Gasteiger partial charge in [-0.2, -0.15) is 0 Å². The number of hydrogen-bond donors (Lipinski definition) is 1. The van der Waals surface area contributed by atoms with Gasteiger partial charge >= 0.3 is 19.8 Å². The summed E-state index contributed by atoms with van der Waals surface area (Å²) in [6.45, 7) is 4.41. The maximum absolute atomic E-state index is 12.7. The van der Waals surface area contributed by atoms with E-state index in [-0.39, 0.29) is 32.0 Å². The minimum Gasteiger partial charge on any atom is -0.462 e. The summed E-state index contributed by atoms with van der Waals surface area (Å²) in [7, 11) is 1.47. The summed E-state index contributed by atoms with van der Waals surface area (Å²) in [5.74, 6) is -0.811. The Morgan fingerprint density at radius 3 is 1.33 bits per heavy atom. The van der Waals surface area contributed by atoms with Crippen molar-refractivity contribution in [1.29, 1.82) is 0 Å². The number of rotatable bonds is 46. The summed E-state index contributed by atoms with van der Waals surface area (Å²) < 4.78 is 34.4. The Hall–Kier alpha value is -1.77. The number of nitrogens with zero attached hydrogens (tertiary/aromatic N) is 1. The summed E-state index contributed by atoms with van der Waals surface area (Å²) in [5.41, 5.74) is 0. The first kappa shape index (κ1) is 59.2. The van der Waals surface area contributed by atoms with Crippen molar-refractivity contribution in [3.63, 3.8) is 0 Å². The molecule has 9 nitrogen and oxygen atoms in total. The van der Waals surface area contributed by atoms with Crippen LogP contribution in [-0.2, 0) is 32.7 Å². The van der Waals surface area contributed by atoms with Gasteiger partial charge < -0.3 is 18.9 Å². The van der Waals surface area contributed by atoms with Crippen LogP contribution in [0, 0.1) is 0 Å². The fourth-order valence-electron chi connectivity index (χ4n) is 6.92. The molecular formula is C51H97NO8P+. The number of phosphoric ester groups is 1. The molecule has 358 valence electrons. The molecule has 0 aromatic heterocycles. The first-order valence-electron chi connectivity index (χ1n) is 25.2. The minimum absolute atomic E-state index is 0.0287. The zero-order chi connectivity index (χ0) is 45.0. The van der Waals surface area contributed by atoms with Gasteiger partial charge in [0.15, 0.2) is 6.10 Å². The molecule has 10 heteroatoms. The maximum atomic E-state index is 12.7. The zero-order valence-electron chi connectivity index (χ0n) is 40.4. The van der Waals surface area contributed by atoms with E-state index >= 15 is 0 Å². The number of esters is 2. The van der Waals surface area contributed by atoms with Gasteiger partial charge in [-0.1, -0.05) is 179 Å². The fraction of sp³-hybridized carbons (Fsp3) is 0.843. The normalized spacial score (nSPS) is 13.7. The molecule has 0 saturated carbocycles. The largest absolute Gasteiger partial charge is 0.472 e. The number of ether oxygens (including phenoxy) is 2. The molecular weight excluding hydrogens is 786 g/mol. The standard InChI is InChI=1S/C51H96NO8P/c1-6-8-10-12-14-16-18-20-22-24-25-26-27-28-30-31-33-35-37-39-41-43-50(53)57-47-49(48-59-61(55,56)58-46-45-52(3,4)5)60-51(54)44-42-40-38-36-34-32-29-23-21-19-17-15-13-11-9-7-2/h17,19,23-25,29,49H,6-16,18,20-22,26-28,30-48H2,1-5H3/p+1/b19-17-,25-24-,29-23-. The second kappa shape index (κ2) is 43.5. The van der Waals surface area contributed by atoms with E-state index in [1.54, 1.807) is 0 Å². The molecule has 0 radical (unpaired) electrons. The summed E-state index contributed by atoms with van der Waals surface area (Å²) in [6, 6.07) is 0. The molecule has 0 spiro atoms. The third-order valence-corrected chi connectivity index (χ3v) is 11.9. The van der Waals surface area contributed by atoms with Crippen LogP contribution in [0.1, 0.15) is 226 Å². The Balaban J connectivity index is 4.26. The molecule has 0 rings (SSSR count). The quantitative estimate of drug-likeness (QED) is 0.0212. The van der Waals surface area contributed by atoms with Crippen LogP contribution >= 0.6 is 7.82 Å². The van der Waals surface area contributed by atoms with E-state index in [1.807, 2.05) is 21.1 Å². The number of hydrogen-bond acceptors (Lipinski definition) is 7. The van der Waals surface area contributed by atoms with E-state index in [1.165, 1.54) is 135 Å². The highest BCUT2D eigenvalue weighted by molar-refractivity contribution is 7.47. The van der Waals surface area contributed by atoms with Gasteiger partial charge in [-0.05, 0) is 70.6 Å². The van der Waals surface area contributed by atoms with Gasteiger partial charge in [0.25, 0.3) is 0 Å². The van der Waals surface area contributed by atoms with Crippen molar-refractivity contribution in [3.05, 3.63) is 36.5 Å². The smallest absolute Gasteiger partial charge is 0.462 e. The van der Waals surface area contributed by atoms with Crippen molar-refractivity contribution in [1.82, 2.24) is 0 Å². The van der Waals surface area contributed by atoms with Crippen LogP contribution in [0.4, 0.5) is 0 Å². The Kier molecular flexibility index (Phi) is 42.2. The number of quaternary nitrogens is 1. The highest BCUT2D eigenvalue weighted by Gasteiger charge is 2.27. The third-order valence-electron chi connectivity index (χ3n) is 10.9. The number of unbranched alkanes of at least 4 members (excludes halogenated alkanes) is 26.